The van der Waals surface area contributed by atoms with E-state index in [0.29, 0.717) is 18.2 Å². The van der Waals surface area contributed by atoms with E-state index in [-0.39, 0.29) is 29.9 Å². The molecule has 0 bridgehead atoms. The van der Waals surface area contributed by atoms with E-state index in [2.05, 4.69) is 43.2 Å². The number of esters is 1. The smallest absolute Gasteiger partial charge is 0.337 e. The number of hydrogen-bond acceptors (Lipinski definition) is 4. The summed E-state index contributed by atoms with van der Waals surface area (Å²) in [6.07, 6.45) is 3.13. The van der Waals surface area contributed by atoms with Gasteiger partial charge in [0.25, 0.3) is 0 Å². The van der Waals surface area contributed by atoms with Gasteiger partial charge in [-0.15, -0.1) is 24.0 Å². The molecule has 1 aromatic rings. The monoisotopic (exact) mass is 518 g/mol. The number of methoxy groups -OCH3 is 1. The quantitative estimate of drug-likeness (QED) is 0.191. The third kappa shape index (κ3) is 11.4. The molecule has 0 aliphatic heterocycles. The van der Waals surface area contributed by atoms with Crippen LogP contribution in [0.15, 0.2) is 29.3 Å². The Hall–Kier alpha value is -1.35. The molecule has 0 saturated heterocycles. The van der Waals surface area contributed by atoms with Gasteiger partial charge in [0.05, 0.1) is 12.7 Å². The van der Waals surface area contributed by atoms with Crippen LogP contribution in [0.1, 0.15) is 56.5 Å². The van der Waals surface area contributed by atoms with E-state index in [9.17, 15) is 4.79 Å². The summed E-state index contributed by atoms with van der Waals surface area (Å²) in [7, 11) is 1.39. The minimum Gasteiger partial charge on any atom is -0.465 e. The lowest BCUT2D eigenvalue weighted by atomic mass is 10.1. The first-order chi connectivity index (χ1) is 13.5. The number of guanidine groups is 1. The fraction of sp³-hybridized carbons (Fsp3) is 0.636. The van der Waals surface area contributed by atoms with Crippen molar-refractivity contribution in [2.24, 2.45) is 4.99 Å². The molecule has 0 aromatic heterocycles. The van der Waals surface area contributed by atoms with Gasteiger partial charge in [-0.05, 0) is 70.4 Å². The normalized spacial score (nSPS) is 12.3. The second-order valence-electron chi connectivity index (χ2n) is 6.91. The zero-order valence-corrected chi connectivity index (χ0v) is 21.0. The van der Waals surface area contributed by atoms with Crippen molar-refractivity contribution < 1.29 is 9.53 Å². The first kappa shape index (κ1) is 27.6. The van der Waals surface area contributed by atoms with E-state index >= 15 is 0 Å². The second kappa shape index (κ2) is 16.4. The van der Waals surface area contributed by atoms with Gasteiger partial charge in [-0.25, -0.2) is 4.79 Å². The number of rotatable bonds is 12. The van der Waals surface area contributed by atoms with Crippen LogP contribution >= 0.6 is 24.0 Å². The average molecular weight is 518 g/mol. The number of carbonyl (C=O) groups is 1. The molecule has 0 saturated carbocycles. The number of nitrogens with one attached hydrogen (secondary N) is 2. The van der Waals surface area contributed by atoms with E-state index in [1.165, 1.54) is 13.5 Å². The molecule has 1 unspecified atom stereocenters. The molecule has 0 aliphatic carbocycles. The molecule has 0 spiro atoms. The number of carbonyl (C=O) groups excluding carboxylic acids is 1. The van der Waals surface area contributed by atoms with Crippen LogP contribution in [0, 0.1) is 0 Å². The Morgan fingerprint density at radius 1 is 1.17 bits per heavy atom. The number of nitrogens with zero attached hydrogens (tertiary/aromatic N) is 2. The maximum Gasteiger partial charge on any atom is 0.337 e. The molecule has 0 radical (unpaired) electrons. The lowest BCUT2D eigenvalue weighted by molar-refractivity contribution is 0.0600. The molecule has 0 heterocycles. The minimum atomic E-state index is -0.307. The predicted octanol–water partition coefficient (Wildman–Crippen LogP) is 3.70. The Balaban J connectivity index is 0.00000784. The van der Waals surface area contributed by atoms with Crippen molar-refractivity contribution >= 4 is 35.9 Å². The molecule has 166 valence electrons. The SMILES string of the molecule is CCNC(=NCCc1ccc(C(=O)OC)cc1)NC(C)CCCN(CC)CC.I. The fourth-order valence-electron chi connectivity index (χ4n) is 3.01. The summed E-state index contributed by atoms with van der Waals surface area (Å²) in [5, 5.41) is 6.83. The van der Waals surface area contributed by atoms with Crippen molar-refractivity contribution in [3.8, 4) is 0 Å². The molecule has 1 aromatic carbocycles. The van der Waals surface area contributed by atoms with Gasteiger partial charge in [0.1, 0.15) is 0 Å². The van der Waals surface area contributed by atoms with E-state index in [1.54, 1.807) is 12.1 Å². The first-order valence-corrected chi connectivity index (χ1v) is 10.5. The van der Waals surface area contributed by atoms with Crippen molar-refractivity contribution in [3.63, 3.8) is 0 Å². The molecule has 6 nitrogen and oxygen atoms in total. The van der Waals surface area contributed by atoms with Gasteiger partial charge in [-0.2, -0.15) is 0 Å². The summed E-state index contributed by atoms with van der Waals surface area (Å²) in [6, 6.07) is 7.89. The number of benzene rings is 1. The molecule has 0 fully saturated rings. The highest BCUT2D eigenvalue weighted by atomic mass is 127. The lowest BCUT2D eigenvalue weighted by Crippen LogP contribution is -2.42. The lowest BCUT2D eigenvalue weighted by Gasteiger charge is -2.21. The van der Waals surface area contributed by atoms with Crippen molar-refractivity contribution in [1.29, 1.82) is 0 Å². The molecule has 0 amide bonds. The fourth-order valence-corrected chi connectivity index (χ4v) is 3.01. The summed E-state index contributed by atoms with van der Waals surface area (Å²) in [6.45, 7) is 13.6. The van der Waals surface area contributed by atoms with Crippen LogP contribution < -0.4 is 10.6 Å². The first-order valence-electron chi connectivity index (χ1n) is 10.5. The van der Waals surface area contributed by atoms with Crippen molar-refractivity contribution in [2.75, 3.05) is 39.8 Å². The van der Waals surface area contributed by atoms with E-state index in [4.69, 9.17) is 9.73 Å². The standard InChI is InChI=1S/C22H38N4O2.HI/c1-6-23-22(25-18(4)10-9-17-26(7-2)8-3)24-16-15-19-11-13-20(14-12-19)21(27)28-5;/h11-14,18H,6-10,15-17H2,1-5H3,(H2,23,24,25);1H. The predicted molar refractivity (Wildman–Crippen MR) is 132 cm³/mol. The van der Waals surface area contributed by atoms with Gasteiger partial charge in [-0.3, -0.25) is 4.99 Å². The zero-order valence-electron chi connectivity index (χ0n) is 18.7. The van der Waals surface area contributed by atoms with Crippen LogP contribution in [-0.4, -0.2) is 62.7 Å². The summed E-state index contributed by atoms with van der Waals surface area (Å²) < 4.78 is 4.73. The Morgan fingerprint density at radius 3 is 2.38 bits per heavy atom. The molecule has 1 rings (SSSR count). The van der Waals surface area contributed by atoms with Crippen molar-refractivity contribution in [1.82, 2.24) is 15.5 Å². The number of ether oxygens (including phenoxy) is 1. The van der Waals surface area contributed by atoms with Crippen LogP contribution in [0.25, 0.3) is 0 Å². The highest BCUT2D eigenvalue weighted by molar-refractivity contribution is 14.0. The summed E-state index contributed by atoms with van der Waals surface area (Å²) in [5.74, 6) is 0.558. The van der Waals surface area contributed by atoms with Crippen LogP contribution in [0.5, 0.6) is 0 Å². The van der Waals surface area contributed by atoms with Gasteiger partial charge in [0.15, 0.2) is 5.96 Å². The van der Waals surface area contributed by atoms with E-state index in [1.807, 2.05) is 12.1 Å². The number of aliphatic imine (C=N–C) groups is 1. The average Bonchev–Trinajstić information content (AvgIpc) is 2.71. The van der Waals surface area contributed by atoms with Gasteiger partial charge in [0, 0.05) is 19.1 Å². The van der Waals surface area contributed by atoms with Gasteiger partial charge in [0.2, 0.25) is 0 Å². The van der Waals surface area contributed by atoms with Gasteiger partial charge < -0.3 is 20.3 Å². The third-order valence-corrected chi connectivity index (χ3v) is 4.78. The summed E-state index contributed by atoms with van der Waals surface area (Å²) in [5.41, 5.74) is 1.72. The molecule has 0 aliphatic rings. The van der Waals surface area contributed by atoms with Crippen LogP contribution in [0.3, 0.4) is 0 Å². The number of halogens is 1. The highest BCUT2D eigenvalue weighted by Crippen LogP contribution is 2.06. The van der Waals surface area contributed by atoms with Crippen molar-refractivity contribution in [3.05, 3.63) is 35.4 Å². The molecular formula is C22H39IN4O2. The molecular weight excluding hydrogens is 479 g/mol. The van der Waals surface area contributed by atoms with Gasteiger partial charge in [-0.1, -0.05) is 26.0 Å². The van der Waals surface area contributed by atoms with Crippen molar-refractivity contribution in [2.45, 2.75) is 53.0 Å². The van der Waals surface area contributed by atoms with Gasteiger partial charge >= 0.3 is 5.97 Å². The third-order valence-electron chi connectivity index (χ3n) is 4.78. The van der Waals surface area contributed by atoms with E-state index < -0.39 is 0 Å². The van der Waals surface area contributed by atoms with Crippen LogP contribution in [-0.2, 0) is 11.2 Å². The Bertz CT molecular complexity index is 589. The highest BCUT2D eigenvalue weighted by Gasteiger charge is 2.07. The Labute approximate surface area is 193 Å². The molecule has 7 heteroatoms. The summed E-state index contributed by atoms with van der Waals surface area (Å²) in [4.78, 5) is 18.6. The molecule has 1 atom stereocenters. The Kier molecular flexibility index (Phi) is 15.7. The maximum atomic E-state index is 11.5. The Morgan fingerprint density at radius 2 is 1.83 bits per heavy atom. The van der Waals surface area contributed by atoms with Crippen LogP contribution in [0.4, 0.5) is 0 Å². The molecule has 29 heavy (non-hydrogen) atoms. The largest absolute Gasteiger partial charge is 0.465 e. The topological polar surface area (TPSA) is 66.0 Å². The zero-order chi connectivity index (χ0) is 20.8. The van der Waals surface area contributed by atoms with Crippen LogP contribution in [0.2, 0.25) is 0 Å². The second-order valence-corrected chi connectivity index (χ2v) is 6.91. The van der Waals surface area contributed by atoms with E-state index in [0.717, 1.165) is 50.5 Å². The molecule has 2 N–H and O–H groups in total. The summed E-state index contributed by atoms with van der Waals surface area (Å²) >= 11 is 0. The maximum absolute atomic E-state index is 11.5. The number of hydrogen-bond donors (Lipinski definition) is 2. The minimum absolute atomic E-state index is 0.